The highest BCUT2D eigenvalue weighted by atomic mass is 32.2. The zero-order valence-corrected chi connectivity index (χ0v) is 8.91. The molecule has 1 atom stereocenters. The number of sulfone groups is 1. The molecule has 3 nitrogen and oxygen atoms in total. The van der Waals surface area contributed by atoms with E-state index in [2.05, 4.69) is 0 Å². The normalized spacial score (nSPS) is 13.6. The van der Waals surface area contributed by atoms with Gasteiger partial charge in [0.1, 0.15) is 5.25 Å². The molecular formula is C10H12O3S. The second kappa shape index (κ2) is 3.92. The molecule has 0 aliphatic carbocycles. The maximum atomic E-state index is 11.6. The Morgan fingerprint density at radius 2 is 1.71 bits per heavy atom. The third kappa shape index (κ3) is 2.42. The zero-order valence-electron chi connectivity index (χ0n) is 8.10. The first-order valence-corrected chi connectivity index (χ1v) is 6.16. The molecule has 0 bridgehead atoms. The van der Waals surface area contributed by atoms with Crippen LogP contribution in [-0.2, 0) is 9.84 Å². The van der Waals surface area contributed by atoms with Crippen molar-refractivity contribution in [3.63, 3.8) is 0 Å². The second-order valence-electron chi connectivity index (χ2n) is 3.20. The van der Waals surface area contributed by atoms with Gasteiger partial charge in [0.25, 0.3) is 0 Å². The second-order valence-corrected chi connectivity index (χ2v) is 5.57. The van der Waals surface area contributed by atoms with Gasteiger partial charge in [-0.1, -0.05) is 30.3 Å². The predicted molar refractivity (Wildman–Crippen MR) is 55.1 cm³/mol. The van der Waals surface area contributed by atoms with Crippen molar-refractivity contribution in [2.24, 2.45) is 0 Å². The third-order valence-electron chi connectivity index (χ3n) is 2.07. The number of ketones is 1. The molecule has 0 aromatic heterocycles. The first-order chi connectivity index (χ1) is 6.43. The molecule has 0 fully saturated rings. The lowest BCUT2D eigenvalue weighted by Crippen LogP contribution is -2.26. The van der Waals surface area contributed by atoms with Crippen LogP contribution in [0, 0.1) is 0 Å². The van der Waals surface area contributed by atoms with E-state index in [1.54, 1.807) is 30.3 Å². The van der Waals surface area contributed by atoms with E-state index in [9.17, 15) is 13.2 Å². The van der Waals surface area contributed by atoms with Crippen LogP contribution in [0.5, 0.6) is 0 Å². The molecule has 0 saturated carbocycles. The van der Waals surface area contributed by atoms with E-state index in [4.69, 9.17) is 0 Å². The Hall–Kier alpha value is -1.16. The highest BCUT2D eigenvalue weighted by Gasteiger charge is 2.24. The average Bonchev–Trinajstić information content (AvgIpc) is 2.15. The molecule has 0 spiro atoms. The van der Waals surface area contributed by atoms with Crippen molar-refractivity contribution in [3.8, 4) is 0 Å². The molecule has 1 unspecified atom stereocenters. The summed E-state index contributed by atoms with van der Waals surface area (Å²) >= 11 is 0. The van der Waals surface area contributed by atoms with E-state index in [1.807, 2.05) is 0 Å². The van der Waals surface area contributed by atoms with Gasteiger partial charge in [0.15, 0.2) is 15.6 Å². The van der Waals surface area contributed by atoms with Crippen molar-refractivity contribution >= 4 is 15.6 Å². The topological polar surface area (TPSA) is 51.2 Å². The standard InChI is InChI=1S/C10H12O3S/c1-8(14(2,12)13)10(11)9-6-4-3-5-7-9/h3-8H,1-2H3. The minimum atomic E-state index is -3.30. The number of carbonyl (C=O) groups is 1. The minimum absolute atomic E-state index is 0.354. The summed E-state index contributed by atoms with van der Waals surface area (Å²) in [4.78, 5) is 11.6. The van der Waals surface area contributed by atoms with Crippen LogP contribution in [-0.4, -0.2) is 25.7 Å². The molecule has 0 heterocycles. The van der Waals surface area contributed by atoms with E-state index in [0.29, 0.717) is 5.56 Å². The van der Waals surface area contributed by atoms with Gasteiger partial charge in [-0.05, 0) is 6.92 Å². The number of benzene rings is 1. The van der Waals surface area contributed by atoms with E-state index in [1.165, 1.54) is 6.92 Å². The summed E-state index contributed by atoms with van der Waals surface area (Å²) in [6.45, 7) is 1.41. The van der Waals surface area contributed by atoms with Crippen LogP contribution in [0.1, 0.15) is 17.3 Å². The maximum Gasteiger partial charge on any atom is 0.180 e. The lowest BCUT2D eigenvalue weighted by atomic mass is 10.1. The molecule has 1 aromatic carbocycles. The fraction of sp³-hybridized carbons (Fsp3) is 0.300. The van der Waals surface area contributed by atoms with Gasteiger partial charge < -0.3 is 0 Å². The summed E-state index contributed by atoms with van der Waals surface area (Å²) in [5.74, 6) is -0.354. The van der Waals surface area contributed by atoms with E-state index >= 15 is 0 Å². The maximum absolute atomic E-state index is 11.6. The van der Waals surface area contributed by atoms with E-state index < -0.39 is 15.1 Å². The predicted octanol–water partition coefficient (Wildman–Crippen LogP) is 1.30. The number of rotatable bonds is 3. The lowest BCUT2D eigenvalue weighted by Gasteiger charge is -2.07. The van der Waals surface area contributed by atoms with Gasteiger partial charge in [-0.25, -0.2) is 8.42 Å². The zero-order chi connectivity index (χ0) is 10.8. The summed E-state index contributed by atoms with van der Waals surface area (Å²) in [5, 5.41) is -0.968. The van der Waals surface area contributed by atoms with Crippen molar-refractivity contribution in [2.45, 2.75) is 12.2 Å². The van der Waals surface area contributed by atoms with Crippen molar-refractivity contribution in [1.82, 2.24) is 0 Å². The van der Waals surface area contributed by atoms with Gasteiger partial charge >= 0.3 is 0 Å². The highest BCUT2D eigenvalue weighted by molar-refractivity contribution is 7.92. The summed E-state index contributed by atoms with van der Waals surface area (Å²) in [5.41, 5.74) is 0.436. The molecule has 14 heavy (non-hydrogen) atoms. The Labute approximate surface area is 83.7 Å². The van der Waals surface area contributed by atoms with Crippen LogP contribution in [0.2, 0.25) is 0 Å². The molecule has 0 aliphatic rings. The van der Waals surface area contributed by atoms with Crippen molar-refractivity contribution in [1.29, 1.82) is 0 Å². The summed E-state index contributed by atoms with van der Waals surface area (Å²) in [7, 11) is -3.30. The molecule has 0 N–H and O–H groups in total. The smallest absolute Gasteiger partial charge is 0.180 e. The SMILES string of the molecule is CC(C(=O)c1ccccc1)S(C)(=O)=O. The molecule has 0 saturated heterocycles. The third-order valence-corrected chi connectivity index (χ3v) is 3.57. The van der Waals surface area contributed by atoms with Gasteiger partial charge in [0, 0.05) is 11.8 Å². The van der Waals surface area contributed by atoms with Crippen LogP contribution >= 0.6 is 0 Å². The van der Waals surface area contributed by atoms with E-state index in [-0.39, 0.29) is 5.78 Å². The van der Waals surface area contributed by atoms with Gasteiger partial charge in [-0.3, -0.25) is 4.79 Å². The Morgan fingerprint density at radius 1 is 1.21 bits per heavy atom. The van der Waals surface area contributed by atoms with Gasteiger partial charge in [0.2, 0.25) is 0 Å². The quantitative estimate of drug-likeness (QED) is 0.710. The van der Waals surface area contributed by atoms with Crippen LogP contribution < -0.4 is 0 Å². The Morgan fingerprint density at radius 3 is 2.14 bits per heavy atom. The average molecular weight is 212 g/mol. The molecule has 0 radical (unpaired) electrons. The van der Waals surface area contributed by atoms with Gasteiger partial charge in [0.05, 0.1) is 0 Å². The number of hydrogen-bond acceptors (Lipinski definition) is 3. The van der Waals surface area contributed by atoms with Gasteiger partial charge in [-0.2, -0.15) is 0 Å². The van der Waals surface area contributed by atoms with Crippen LogP contribution in [0.4, 0.5) is 0 Å². The number of Topliss-reactive ketones (excluding diaryl/α,β-unsaturated/α-hetero) is 1. The van der Waals surface area contributed by atoms with E-state index in [0.717, 1.165) is 6.26 Å². The van der Waals surface area contributed by atoms with Crippen LogP contribution in [0.25, 0.3) is 0 Å². The minimum Gasteiger partial charge on any atom is -0.293 e. The molecule has 1 aromatic rings. The highest BCUT2D eigenvalue weighted by Crippen LogP contribution is 2.08. The van der Waals surface area contributed by atoms with Crippen molar-refractivity contribution in [2.75, 3.05) is 6.26 Å². The fourth-order valence-electron chi connectivity index (χ4n) is 1.03. The van der Waals surface area contributed by atoms with Crippen molar-refractivity contribution in [3.05, 3.63) is 35.9 Å². The Balaban J connectivity index is 2.99. The number of hydrogen-bond donors (Lipinski definition) is 0. The lowest BCUT2D eigenvalue weighted by molar-refractivity contribution is 0.0991. The first kappa shape index (κ1) is 10.9. The summed E-state index contributed by atoms with van der Waals surface area (Å²) in [6.07, 6.45) is 1.07. The first-order valence-electron chi connectivity index (χ1n) is 4.21. The Kier molecular flexibility index (Phi) is 3.06. The fourth-order valence-corrected chi connectivity index (χ4v) is 1.56. The summed E-state index contributed by atoms with van der Waals surface area (Å²) < 4.78 is 22.3. The molecular weight excluding hydrogens is 200 g/mol. The molecule has 1 rings (SSSR count). The molecule has 0 aliphatic heterocycles. The van der Waals surface area contributed by atoms with Crippen LogP contribution in [0.3, 0.4) is 0 Å². The van der Waals surface area contributed by atoms with Crippen LogP contribution in [0.15, 0.2) is 30.3 Å². The summed E-state index contributed by atoms with van der Waals surface area (Å²) in [6, 6.07) is 8.43. The monoisotopic (exact) mass is 212 g/mol. The van der Waals surface area contributed by atoms with Gasteiger partial charge in [-0.15, -0.1) is 0 Å². The molecule has 0 amide bonds. The largest absolute Gasteiger partial charge is 0.293 e. The van der Waals surface area contributed by atoms with Crippen molar-refractivity contribution < 1.29 is 13.2 Å². The number of carbonyl (C=O) groups excluding carboxylic acids is 1. The molecule has 4 heteroatoms. The Bertz CT molecular complexity index is 420. The molecule has 76 valence electrons.